The van der Waals surface area contributed by atoms with Crippen LogP contribution in [0.15, 0.2) is 48.5 Å². The normalized spacial score (nSPS) is 18.4. The predicted molar refractivity (Wildman–Crippen MR) is 115 cm³/mol. The molecule has 0 unspecified atom stereocenters. The fourth-order valence-corrected chi connectivity index (χ4v) is 4.02. The zero-order chi connectivity index (χ0) is 20.9. The van der Waals surface area contributed by atoms with Crippen LogP contribution >= 0.6 is 0 Å². The summed E-state index contributed by atoms with van der Waals surface area (Å²) in [6, 6.07) is 15.2. The Labute approximate surface area is 177 Å². The van der Waals surface area contributed by atoms with Gasteiger partial charge in [-0.2, -0.15) is 0 Å². The number of carbonyl (C=O) groups is 2. The van der Waals surface area contributed by atoms with Crippen molar-refractivity contribution in [3.8, 4) is 11.5 Å². The lowest BCUT2D eigenvalue weighted by Crippen LogP contribution is -2.53. The molecule has 2 aliphatic heterocycles. The summed E-state index contributed by atoms with van der Waals surface area (Å²) >= 11 is 0. The second-order valence-electron chi connectivity index (χ2n) is 7.83. The molecule has 6 heteroatoms. The van der Waals surface area contributed by atoms with Gasteiger partial charge in [-0.15, -0.1) is 0 Å². The summed E-state index contributed by atoms with van der Waals surface area (Å²) in [4.78, 5) is 29.6. The number of fused-ring (bicyclic) bond motifs is 1. The van der Waals surface area contributed by atoms with Gasteiger partial charge in [0.1, 0.15) is 11.5 Å². The van der Waals surface area contributed by atoms with Crippen molar-refractivity contribution in [2.24, 2.45) is 0 Å². The van der Waals surface area contributed by atoms with Crippen LogP contribution in [0.5, 0.6) is 11.5 Å². The van der Waals surface area contributed by atoms with Crippen molar-refractivity contribution in [3.63, 3.8) is 0 Å². The van der Waals surface area contributed by atoms with E-state index < -0.39 is 6.10 Å². The highest BCUT2D eigenvalue weighted by molar-refractivity contribution is 5.97. The first-order valence-electron chi connectivity index (χ1n) is 10.7. The summed E-state index contributed by atoms with van der Waals surface area (Å²) < 4.78 is 11.8. The van der Waals surface area contributed by atoms with Gasteiger partial charge in [0, 0.05) is 13.1 Å². The van der Waals surface area contributed by atoms with Crippen LogP contribution in [0.3, 0.4) is 0 Å². The monoisotopic (exact) mass is 408 g/mol. The molecule has 0 aliphatic carbocycles. The topological polar surface area (TPSA) is 59.1 Å². The highest BCUT2D eigenvalue weighted by Gasteiger charge is 2.36. The van der Waals surface area contributed by atoms with E-state index in [0.29, 0.717) is 11.4 Å². The van der Waals surface area contributed by atoms with Gasteiger partial charge in [-0.3, -0.25) is 9.59 Å². The van der Waals surface area contributed by atoms with Gasteiger partial charge in [0.05, 0.1) is 25.3 Å². The van der Waals surface area contributed by atoms with Crippen molar-refractivity contribution >= 4 is 17.5 Å². The molecule has 2 amide bonds. The van der Waals surface area contributed by atoms with Crippen LogP contribution in [0.1, 0.15) is 31.2 Å². The average Bonchev–Trinajstić information content (AvgIpc) is 2.79. The SMILES string of the molecule is Cc1ccccc1OCCC(=O)N1C[C@@H](C(=O)N2CCCCC2)Oc2ccccc21. The first-order valence-corrected chi connectivity index (χ1v) is 10.7. The zero-order valence-corrected chi connectivity index (χ0v) is 17.4. The van der Waals surface area contributed by atoms with Crippen LogP contribution in [-0.4, -0.2) is 49.1 Å². The number of likely N-dealkylation sites (tertiary alicyclic amines) is 1. The van der Waals surface area contributed by atoms with E-state index in [1.165, 1.54) is 0 Å². The largest absolute Gasteiger partial charge is 0.493 e. The van der Waals surface area contributed by atoms with Crippen LogP contribution in [-0.2, 0) is 9.59 Å². The Morgan fingerprint density at radius 2 is 1.77 bits per heavy atom. The Morgan fingerprint density at radius 1 is 1.03 bits per heavy atom. The van der Waals surface area contributed by atoms with Crippen molar-refractivity contribution in [3.05, 3.63) is 54.1 Å². The van der Waals surface area contributed by atoms with E-state index in [1.807, 2.05) is 60.4 Å². The lowest BCUT2D eigenvalue weighted by Gasteiger charge is -2.37. The van der Waals surface area contributed by atoms with Crippen molar-refractivity contribution in [2.75, 3.05) is 31.1 Å². The number of hydrogen-bond donors (Lipinski definition) is 0. The quantitative estimate of drug-likeness (QED) is 0.759. The van der Waals surface area contributed by atoms with Crippen molar-refractivity contribution in [1.29, 1.82) is 0 Å². The standard InChI is InChI=1S/C24H28N2O4/c1-18-9-3-5-11-20(18)29-16-13-23(27)26-17-22(24(28)25-14-7-2-8-15-25)30-21-12-6-4-10-19(21)26/h3-6,9-12,22H,2,7-8,13-17H2,1H3/t22-/m0/s1. The molecule has 2 aromatic rings. The van der Waals surface area contributed by atoms with E-state index in [9.17, 15) is 9.59 Å². The number of aryl methyl sites for hydroxylation is 1. The molecule has 0 radical (unpaired) electrons. The maximum absolute atomic E-state index is 13.0. The molecule has 0 saturated carbocycles. The minimum absolute atomic E-state index is 0.0295. The van der Waals surface area contributed by atoms with Gasteiger partial charge in [0.25, 0.3) is 5.91 Å². The molecule has 30 heavy (non-hydrogen) atoms. The van der Waals surface area contributed by atoms with E-state index in [2.05, 4.69) is 0 Å². The van der Waals surface area contributed by atoms with Crippen LogP contribution in [0.2, 0.25) is 0 Å². The number of nitrogens with zero attached hydrogens (tertiary/aromatic N) is 2. The minimum atomic E-state index is -0.667. The second kappa shape index (κ2) is 9.20. The molecular weight excluding hydrogens is 380 g/mol. The van der Waals surface area contributed by atoms with Gasteiger partial charge in [-0.05, 0) is 49.9 Å². The third-order valence-corrected chi connectivity index (χ3v) is 5.68. The molecule has 158 valence electrons. The van der Waals surface area contributed by atoms with Crippen LogP contribution in [0.25, 0.3) is 0 Å². The molecule has 2 heterocycles. The molecule has 0 bridgehead atoms. The molecular formula is C24H28N2O4. The summed E-state index contributed by atoms with van der Waals surface area (Å²) in [6.07, 6.45) is 2.76. The Bertz CT molecular complexity index is 908. The number of amides is 2. The Balaban J connectivity index is 1.44. The lowest BCUT2D eigenvalue weighted by molar-refractivity contribution is -0.139. The highest BCUT2D eigenvalue weighted by atomic mass is 16.5. The number of rotatable bonds is 5. The van der Waals surface area contributed by atoms with Gasteiger partial charge in [0.2, 0.25) is 5.91 Å². The molecule has 2 aliphatic rings. The summed E-state index contributed by atoms with van der Waals surface area (Å²) in [5.74, 6) is 1.26. The summed E-state index contributed by atoms with van der Waals surface area (Å²) in [5, 5.41) is 0. The predicted octanol–water partition coefficient (Wildman–Crippen LogP) is 3.57. The van der Waals surface area contributed by atoms with E-state index in [-0.39, 0.29) is 31.4 Å². The van der Waals surface area contributed by atoms with Gasteiger partial charge in [-0.1, -0.05) is 30.3 Å². The van der Waals surface area contributed by atoms with Crippen molar-refractivity contribution in [1.82, 2.24) is 4.90 Å². The van der Waals surface area contributed by atoms with Crippen molar-refractivity contribution in [2.45, 2.75) is 38.7 Å². The molecule has 4 rings (SSSR count). The smallest absolute Gasteiger partial charge is 0.265 e. The molecule has 0 spiro atoms. The molecule has 1 fully saturated rings. The first kappa shape index (κ1) is 20.3. The number of carbonyl (C=O) groups excluding carboxylic acids is 2. The number of para-hydroxylation sites is 3. The summed E-state index contributed by atoms with van der Waals surface area (Å²) in [5.41, 5.74) is 1.75. The third kappa shape index (κ3) is 4.42. The van der Waals surface area contributed by atoms with E-state index in [4.69, 9.17) is 9.47 Å². The zero-order valence-electron chi connectivity index (χ0n) is 17.4. The van der Waals surface area contributed by atoms with Gasteiger partial charge >= 0.3 is 0 Å². The lowest BCUT2D eigenvalue weighted by atomic mass is 10.1. The average molecular weight is 408 g/mol. The summed E-state index contributed by atoms with van der Waals surface area (Å²) in [6.45, 7) is 4.02. The number of piperidine rings is 1. The Kier molecular flexibility index (Phi) is 6.21. The molecule has 1 saturated heterocycles. The summed E-state index contributed by atoms with van der Waals surface area (Å²) in [7, 11) is 0. The Morgan fingerprint density at radius 3 is 2.57 bits per heavy atom. The molecule has 6 nitrogen and oxygen atoms in total. The number of ether oxygens (including phenoxy) is 2. The van der Waals surface area contributed by atoms with E-state index in [0.717, 1.165) is 43.7 Å². The number of anilines is 1. The van der Waals surface area contributed by atoms with E-state index in [1.54, 1.807) is 4.90 Å². The highest BCUT2D eigenvalue weighted by Crippen LogP contribution is 2.34. The number of benzene rings is 2. The van der Waals surface area contributed by atoms with Gasteiger partial charge in [-0.25, -0.2) is 0 Å². The van der Waals surface area contributed by atoms with Crippen molar-refractivity contribution < 1.29 is 19.1 Å². The second-order valence-corrected chi connectivity index (χ2v) is 7.83. The number of hydrogen-bond acceptors (Lipinski definition) is 4. The fourth-order valence-electron chi connectivity index (χ4n) is 4.02. The molecule has 1 atom stereocenters. The maximum Gasteiger partial charge on any atom is 0.265 e. The Hall–Kier alpha value is -3.02. The third-order valence-electron chi connectivity index (χ3n) is 5.68. The maximum atomic E-state index is 13.0. The molecule has 2 aromatic carbocycles. The van der Waals surface area contributed by atoms with Crippen LogP contribution in [0.4, 0.5) is 5.69 Å². The molecule has 0 aromatic heterocycles. The minimum Gasteiger partial charge on any atom is -0.493 e. The fraction of sp³-hybridized carbons (Fsp3) is 0.417. The van der Waals surface area contributed by atoms with Gasteiger partial charge in [0.15, 0.2) is 6.10 Å². The van der Waals surface area contributed by atoms with Crippen LogP contribution < -0.4 is 14.4 Å². The molecule has 0 N–H and O–H groups in total. The van der Waals surface area contributed by atoms with Crippen LogP contribution in [0, 0.1) is 6.92 Å². The van der Waals surface area contributed by atoms with E-state index >= 15 is 0 Å². The van der Waals surface area contributed by atoms with Gasteiger partial charge < -0.3 is 19.3 Å². The first-order chi connectivity index (χ1) is 14.6.